The predicted octanol–water partition coefficient (Wildman–Crippen LogP) is -0.761. The van der Waals surface area contributed by atoms with Gasteiger partial charge in [-0.3, -0.25) is 24.0 Å². The van der Waals surface area contributed by atoms with Crippen LogP contribution >= 0.6 is 0 Å². The summed E-state index contributed by atoms with van der Waals surface area (Å²) in [6.45, 7) is 11.3. The molecule has 3 amide bonds. The zero-order chi connectivity index (χ0) is 34.9. The molecule has 1 aromatic carbocycles. The molecule has 1 heterocycles. The van der Waals surface area contributed by atoms with Crippen molar-refractivity contribution in [3.63, 3.8) is 0 Å². The largest absolute Gasteiger partial charge is 0.480 e. The molecule has 0 aliphatic carbocycles. The number of nitrogens with one attached hydrogen (secondary N) is 4. The van der Waals surface area contributed by atoms with E-state index in [9.17, 15) is 39.3 Å². The number of esters is 1. The summed E-state index contributed by atoms with van der Waals surface area (Å²) in [5, 5.41) is 50.7. The third kappa shape index (κ3) is 10.9. The number of hydrogen-bond acceptors (Lipinski definition) is 12. The average molecular weight is 655 g/mol. The van der Waals surface area contributed by atoms with E-state index >= 15 is 0 Å². The van der Waals surface area contributed by atoms with Crippen LogP contribution in [0.2, 0.25) is 0 Å². The summed E-state index contributed by atoms with van der Waals surface area (Å²) in [5.74, 6) is -4.59. The van der Waals surface area contributed by atoms with Gasteiger partial charge in [0, 0.05) is 6.04 Å². The molecular formula is C30H46N4O12. The molecule has 0 spiro atoms. The number of ether oxygens (including phenoxy) is 3. The van der Waals surface area contributed by atoms with Crippen LogP contribution in [-0.2, 0) is 40.1 Å². The number of aliphatic carboxylic acids is 1. The number of aliphatic hydroxyl groups is 3. The van der Waals surface area contributed by atoms with Gasteiger partial charge < -0.3 is 55.9 Å². The van der Waals surface area contributed by atoms with Crippen molar-refractivity contribution in [2.45, 2.75) is 104 Å². The molecular weight excluding hydrogens is 608 g/mol. The van der Waals surface area contributed by atoms with Crippen LogP contribution in [0.4, 0.5) is 5.69 Å². The molecule has 258 valence electrons. The number of rotatable bonds is 15. The molecule has 1 aliphatic rings. The maximum atomic E-state index is 13.2. The van der Waals surface area contributed by atoms with Crippen molar-refractivity contribution < 1.29 is 58.6 Å². The smallest absolute Gasteiger partial charge is 0.322 e. The molecule has 0 aromatic heterocycles. The Morgan fingerprint density at radius 2 is 1.57 bits per heavy atom. The lowest BCUT2D eigenvalue weighted by Crippen LogP contribution is -2.63. The maximum Gasteiger partial charge on any atom is 0.322 e. The fraction of sp³-hybridized carbons (Fsp3) is 0.633. The van der Waals surface area contributed by atoms with Crippen molar-refractivity contribution in [1.82, 2.24) is 16.0 Å². The van der Waals surface area contributed by atoms with Crippen LogP contribution in [0.3, 0.4) is 0 Å². The van der Waals surface area contributed by atoms with Crippen molar-refractivity contribution in [2.24, 2.45) is 11.8 Å². The summed E-state index contributed by atoms with van der Waals surface area (Å²) in [6, 6.07) is 2.74. The topological polar surface area (TPSA) is 242 Å². The second-order valence-electron chi connectivity index (χ2n) is 12.0. The normalized spacial score (nSPS) is 22.6. The SMILES string of the molecule is CC(C)N[C@H](C(=O)N[C@@H](C)C(=O)Nc1ccc(COC(=O)C(C)C)cc1O[C@@H]1O[C@H](C(=O)NCC(=O)O)[C@@H](O)[C@H](O)[C@H]1O)C(C)C. The van der Waals surface area contributed by atoms with Gasteiger partial charge in [0.05, 0.1) is 17.6 Å². The highest BCUT2D eigenvalue weighted by molar-refractivity contribution is 5.98. The van der Waals surface area contributed by atoms with E-state index in [1.54, 1.807) is 13.8 Å². The highest BCUT2D eigenvalue weighted by Crippen LogP contribution is 2.31. The Labute approximate surface area is 267 Å². The van der Waals surface area contributed by atoms with Gasteiger partial charge in [-0.2, -0.15) is 0 Å². The van der Waals surface area contributed by atoms with E-state index < -0.39 is 79.0 Å². The Hall–Kier alpha value is -3.83. The summed E-state index contributed by atoms with van der Waals surface area (Å²) >= 11 is 0. The first-order valence-corrected chi connectivity index (χ1v) is 15.0. The lowest BCUT2D eigenvalue weighted by molar-refractivity contribution is -0.266. The van der Waals surface area contributed by atoms with Crippen molar-refractivity contribution in [3.05, 3.63) is 23.8 Å². The highest BCUT2D eigenvalue weighted by atomic mass is 16.7. The number of amides is 3. The summed E-state index contributed by atoms with van der Waals surface area (Å²) in [5.41, 5.74) is 0.415. The molecule has 1 saturated heterocycles. The van der Waals surface area contributed by atoms with E-state index in [0.29, 0.717) is 5.56 Å². The minimum absolute atomic E-state index is 0.0140. The van der Waals surface area contributed by atoms with Crippen molar-refractivity contribution >= 4 is 35.3 Å². The fourth-order valence-electron chi connectivity index (χ4n) is 4.27. The van der Waals surface area contributed by atoms with Crippen molar-refractivity contribution in [2.75, 3.05) is 11.9 Å². The minimum atomic E-state index is -1.95. The minimum Gasteiger partial charge on any atom is -0.480 e. The molecule has 7 atom stereocenters. The van der Waals surface area contributed by atoms with Gasteiger partial charge in [-0.15, -0.1) is 0 Å². The number of benzene rings is 1. The molecule has 0 saturated carbocycles. The van der Waals surface area contributed by atoms with Gasteiger partial charge in [-0.05, 0) is 30.5 Å². The first-order valence-electron chi connectivity index (χ1n) is 15.0. The van der Waals surface area contributed by atoms with Gasteiger partial charge >= 0.3 is 11.9 Å². The average Bonchev–Trinajstić information content (AvgIpc) is 2.98. The molecule has 1 aromatic rings. The molecule has 8 N–H and O–H groups in total. The summed E-state index contributed by atoms with van der Waals surface area (Å²) < 4.78 is 16.5. The first-order chi connectivity index (χ1) is 21.4. The maximum absolute atomic E-state index is 13.2. The van der Waals surface area contributed by atoms with E-state index in [4.69, 9.17) is 19.3 Å². The van der Waals surface area contributed by atoms with Crippen LogP contribution in [0.15, 0.2) is 18.2 Å². The number of carbonyl (C=O) groups is 5. The Morgan fingerprint density at radius 1 is 0.913 bits per heavy atom. The third-order valence-corrected chi connectivity index (χ3v) is 6.86. The van der Waals surface area contributed by atoms with E-state index in [1.165, 1.54) is 25.1 Å². The van der Waals surface area contributed by atoms with E-state index in [-0.39, 0.29) is 35.9 Å². The van der Waals surface area contributed by atoms with E-state index in [2.05, 4.69) is 16.0 Å². The van der Waals surface area contributed by atoms with Crippen LogP contribution in [0, 0.1) is 11.8 Å². The van der Waals surface area contributed by atoms with Crippen LogP contribution in [0.25, 0.3) is 0 Å². The van der Waals surface area contributed by atoms with Crippen molar-refractivity contribution in [1.29, 1.82) is 0 Å². The fourth-order valence-corrected chi connectivity index (χ4v) is 4.27. The molecule has 0 unspecified atom stereocenters. The Morgan fingerprint density at radius 3 is 2.13 bits per heavy atom. The van der Waals surface area contributed by atoms with E-state index in [1.807, 2.05) is 33.0 Å². The molecule has 16 nitrogen and oxygen atoms in total. The summed E-state index contributed by atoms with van der Waals surface area (Å²) in [6.07, 6.45) is -9.41. The highest BCUT2D eigenvalue weighted by Gasteiger charge is 2.48. The number of carbonyl (C=O) groups excluding carboxylic acids is 4. The quantitative estimate of drug-likeness (QED) is 0.109. The van der Waals surface area contributed by atoms with Gasteiger partial charge in [0.15, 0.2) is 6.10 Å². The Kier molecular flexibility index (Phi) is 14.3. The Bertz CT molecular complexity index is 1240. The molecule has 2 rings (SSSR count). The summed E-state index contributed by atoms with van der Waals surface area (Å²) in [4.78, 5) is 61.5. The first kappa shape index (κ1) is 38.4. The van der Waals surface area contributed by atoms with Crippen LogP contribution in [0.5, 0.6) is 5.75 Å². The molecule has 46 heavy (non-hydrogen) atoms. The summed E-state index contributed by atoms with van der Waals surface area (Å²) in [7, 11) is 0. The van der Waals surface area contributed by atoms with Crippen LogP contribution < -0.4 is 26.0 Å². The molecule has 1 fully saturated rings. The molecule has 0 radical (unpaired) electrons. The molecule has 16 heteroatoms. The van der Waals surface area contributed by atoms with Gasteiger partial charge in [-0.25, -0.2) is 0 Å². The number of anilines is 1. The molecule has 0 bridgehead atoms. The monoisotopic (exact) mass is 654 g/mol. The number of hydrogen-bond donors (Lipinski definition) is 8. The predicted molar refractivity (Wildman–Crippen MR) is 162 cm³/mol. The van der Waals surface area contributed by atoms with Crippen LogP contribution in [0.1, 0.15) is 54.0 Å². The standard InChI is InChI=1S/C30H46N4O12/c1-13(2)21(32-15(5)6)27(41)33-16(7)26(40)34-18-9-8-17(12-44-29(43)14(3)4)10-19(18)45-30-24(39)22(37)23(38)25(46-30)28(42)31-11-20(35)36/h8-10,13-16,21-25,30,32,37-39H,11-12H2,1-7H3,(H,31,42)(H,33,41)(H,34,40)(H,35,36)/t16-,21-,22-,23-,24+,25-,30+/m0/s1. The van der Waals surface area contributed by atoms with Gasteiger partial charge in [0.25, 0.3) is 5.91 Å². The number of carboxylic acid groups (broad SMARTS) is 1. The van der Waals surface area contributed by atoms with E-state index in [0.717, 1.165) is 0 Å². The van der Waals surface area contributed by atoms with Crippen LogP contribution in [-0.4, -0.2) is 105 Å². The zero-order valence-corrected chi connectivity index (χ0v) is 27.0. The lowest BCUT2D eigenvalue weighted by atomic mass is 9.98. The van der Waals surface area contributed by atoms with Crippen molar-refractivity contribution in [3.8, 4) is 5.75 Å². The lowest BCUT2D eigenvalue weighted by Gasteiger charge is -2.39. The van der Waals surface area contributed by atoms with Gasteiger partial charge in [0.1, 0.15) is 43.3 Å². The Balaban J connectivity index is 2.34. The number of aliphatic hydroxyl groups excluding tert-OH is 3. The van der Waals surface area contributed by atoms with Gasteiger partial charge in [0.2, 0.25) is 18.1 Å². The second-order valence-corrected chi connectivity index (χ2v) is 12.0. The van der Waals surface area contributed by atoms with Gasteiger partial charge in [-0.1, -0.05) is 47.6 Å². The second kappa shape index (κ2) is 17.2. The zero-order valence-electron chi connectivity index (χ0n) is 27.0. The number of carboxylic acids is 1. The molecule has 1 aliphatic heterocycles. The third-order valence-electron chi connectivity index (χ3n) is 6.86.